The minimum atomic E-state index is -1.02. The lowest BCUT2D eigenvalue weighted by Gasteiger charge is -2.48. The summed E-state index contributed by atoms with van der Waals surface area (Å²) in [6, 6.07) is 5.67. The molecule has 0 radical (unpaired) electrons. The summed E-state index contributed by atoms with van der Waals surface area (Å²) in [4.78, 5) is 33.3. The third-order valence-corrected chi connectivity index (χ3v) is 7.95. The van der Waals surface area contributed by atoms with Crippen molar-refractivity contribution in [1.82, 2.24) is 19.9 Å². The van der Waals surface area contributed by atoms with Gasteiger partial charge in [-0.3, -0.25) is 4.79 Å². The Hall–Kier alpha value is -3.28. The number of carbonyl (C=O) groups excluding carboxylic acids is 1. The molecule has 1 spiro atoms. The molecule has 0 N–H and O–H groups in total. The number of rotatable bonds is 4. The second-order valence-corrected chi connectivity index (χ2v) is 11.0. The lowest BCUT2D eigenvalue weighted by atomic mass is 9.66. The molecule has 1 saturated heterocycles. The van der Waals surface area contributed by atoms with Crippen molar-refractivity contribution in [2.75, 3.05) is 36.1 Å². The van der Waals surface area contributed by atoms with Gasteiger partial charge in [0.05, 0.1) is 17.0 Å². The first-order chi connectivity index (χ1) is 16.7. The lowest BCUT2D eigenvalue weighted by molar-refractivity contribution is -0.144. The maximum absolute atomic E-state index is 13.5. The van der Waals surface area contributed by atoms with Crippen LogP contribution in [0.3, 0.4) is 0 Å². The van der Waals surface area contributed by atoms with E-state index in [0.717, 1.165) is 48.8 Å². The zero-order valence-corrected chi connectivity index (χ0v) is 20.8. The molecule has 2 aliphatic heterocycles. The van der Waals surface area contributed by atoms with Crippen molar-refractivity contribution < 1.29 is 9.18 Å². The van der Waals surface area contributed by atoms with Crippen molar-refractivity contribution >= 4 is 23.4 Å². The van der Waals surface area contributed by atoms with Crippen molar-refractivity contribution in [1.29, 1.82) is 5.26 Å². The van der Waals surface area contributed by atoms with E-state index in [1.807, 2.05) is 17.9 Å². The molecule has 2 atom stereocenters. The van der Waals surface area contributed by atoms with E-state index in [0.29, 0.717) is 18.7 Å². The number of hydrogen-bond acceptors (Lipinski definition) is 7. The van der Waals surface area contributed by atoms with Crippen molar-refractivity contribution in [3.63, 3.8) is 0 Å². The Balaban J connectivity index is 1.51. The first-order valence-corrected chi connectivity index (χ1v) is 12.3. The molecule has 8 nitrogen and oxygen atoms in total. The fourth-order valence-corrected chi connectivity index (χ4v) is 5.71. The van der Waals surface area contributed by atoms with Crippen LogP contribution in [0.5, 0.6) is 0 Å². The van der Waals surface area contributed by atoms with E-state index in [4.69, 9.17) is 9.97 Å². The maximum Gasteiger partial charge on any atom is 0.231 e. The fourth-order valence-electron chi connectivity index (χ4n) is 5.71. The molecule has 0 bridgehead atoms. The van der Waals surface area contributed by atoms with Gasteiger partial charge in [0.1, 0.15) is 30.5 Å². The van der Waals surface area contributed by atoms with Crippen LogP contribution in [0.15, 0.2) is 24.7 Å². The van der Waals surface area contributed by atoms with Gasteiger partial charge in [-0.05, 0) is 52.7 Å². The molecule has 35 heavy (non-hydrogen) atoms. The quantitative estimate of drug-likeness (QED) is 0.663. The number of hydrogen-bond donors (Lipinski definition) is 0. The zero-order chi connectivity index (χ0) is 25.0. The highest BCUT2D eigenvalue weighted by atomic mass is 19.1. The Bertz CT molecular complexity index is 1190. The van der Waals surface area contributed by atoms with Gasteiger partial charge in [-0.15, -0.1) is 0 Å². The summed E-state index contributed by atoms with van der Waals surface area (Å²) in [7, 11) is 0. The molecule has 2 aromatic rings. The molecular formula is C26H32FN7O. The van der Waals surface area contributed by atoms with Crippen molar-refractivity contribution in [2.24, 2.45) is 5.41 Å². The molecule has 4 heterocycles. The molecule has 2 aromatic heterocycles. The highest BCUT2D eigenvalue weighted by Gasteiger charge is 2.52. The van der Waals surface area contributed by atoms with E-state index in [2.05, 4.69) is 27.8 Å². The van der Waals surface area contributed by atoms with E-state index in [1.165, 1.54) is 0 Å². The maximum atomic E-state index is 13.5. The lowest BCUT2D eigenvalue weighted by Crippen LogP contribution is -2.61. The van der Waals surface area contributed by atoms with Crippen LogP contribution in [0.1, 0.15) is 58.1 Å². The summed E-state index contributed by atoms with van der Waals surface area (Å²) in [6.07, 6.45) is 6.54. The van der Waals surface area contributed by atoms with Crippen LogP contribution >= 0.6 is 0 Å². The minimum absolute atomic E-state index is 0.0239. The number of carbonyl (C=O) groups is 1. The Morgan fingerprint density at radius 3 is 2.60 bits per heavy atom. The number of halogens is 1. The molecule has 0 aromatic carbocycles. The zero-order valence-electron chi connectivity index (χ0n) is 20.8. The van der Waals surface area contributed by atoms with E-state index in [9.17, 15) is 14.4 Å². The van der Waals surface area contributed by atoms with Gasteiger partial charge in [0.2, 0.25) is 5.91 Å². The molecule has 2 fully saturated rings. The summed E-state index contributed by atoms with van der Waals surface area (Å²) >= 11 is 0. The highest BCUT2D eigenvalue weighted by molar-refractivity contribution is 5.83. The average molecular weight is 478 g/mol. The molecule has 1 amide bonds. The molecule has 9 heteroatoms. The first kappa shape index (κ1) is 23.5. The van der Waals surface area contributed by atoms with Crippen LogP contribution in [0, 0.1) is 16.7 Å². The summed E-state index contributed by atoms with van der Waals surface area (Å²) in [5, 5.41) is 9.38. The van der Waals surface area contributed by atoms with Crippen LogP contribution < -0.4 is 9.80 Å². The van der Waals surface area contributed by atoms with Gasteiger partial charge in [0.25, 0.3) is 0 Å². The Kier molecular flexibility index (Phi) is 5.65. The van der Waals surface area contributed by atoms with Gasteiger partial charge in [0.15, 0.2) is 0 Å². The van der Waals surface area contributed by atoms with Gasteiger partial charge in [-0.25, -0.2) is 19.3 Å². The van der Waals surface area contributed by atoms with E-state index >= 15 is 0 Å². The van der Waals surface area contributed by atoms with E-state index < -0.39 is 12.1 Å². The largest absolute Gasteiger partial charge is 0.350 e. The second kappa shape index (κ2) is 8.43. The Labute approximate surface area is 205 Å². The molecule has 3 aliphatic rings. The van der Waals surface area contributed by atoms with Gasteiger partial charge >= 0.3 is 0 Å². The predicted octanol–water partition coefficient (Wildman–Crippen LogP) is 3.74. The Morgan fingerprint density at radius 1 is 1.20 bits per heavy atom. The average Bonchev–Trinajstić information content (AvgIpc) is 3.21. The summed E-state index contributed by atoms with van der Waals surface area (Å²) in [5.74, 6) is 2.36. The van der Waals surface area contributed by atoms with Crippen LogP contribution in [-0.4, -0.2) is 64.2 Å². The number of nitrogens with zero attached hydrogens (tertiary/aromatic N) is 7. The second-order valence-electron chi connectivity index (χ2n) is 11.0. The summed E-state index contributed by atoms with van der Waals surface area (Å²) < 4.78 is 13.5. The van der Waals surface area contributed by atoms with Crippen LogP contribution in [0.25, 0.3) is 0 Å². The summed E-state index contributed by atoms with van der Waals surface area (Å²) in [6.45, 7) is 8.69. The molecule has 1 saturated carbocycles. The standard InChI is InChI=1S/C26H32FN7O/c1-17-13-33(24(35)25(3,4)14-27)18(2)12-32(17)22-21-23(31-16-30-22)34(15-26(21)7-5-8-26)20-10-19(11-28)6-9-29-20/h6,9-10,16-18H,5,7-8,12-15H2,1-4H3/t17-,18+/m0/s1. The van der Waals surface area contributed by atoms with Crippen LogP contribution in [0.4, 0.5) is 21.8 Å². The van der Waals surface area contributed by atoms with Crippen molar-refractivity contribution in [2.45, 2.75) is 64.5 Å². The number of aromatic nitrogens is 3. The van der Waals surface area contributed by atoms with Gasteiger partial charge in [0, 0.05) is 48.9 Å². The van der Waals surface area contributed by atoms with E-state index in [-0.39, 0.29) is 23.4 Å². The van der Waals surface area contributed by atoms with Gasteiger partial charge < -0.3 is 14.7 Å². The minimum Gasteiger partial charge on any atom is -0.350 e. The fraction of sp³-hybridized carbons (Fsp3) is 0.577. The van der Waals surface area contributed by atoms with Crippen molar-refractivity contribution in [3.05, 3.63) is 35.8 Å². The van der Waals surface area contributed by atoms with Crippen LogP contribution in [-0.2, 0) is 10.2 Å². The number of anilines is 3. The predicted molar refractivity (Wildman–Crippen MR) is 131 cm³/mol. The monoisotopic (exact) mass is 477 g/mol. The number of nitriles is 1. The van der Waals surface area contributed by atoms with Crippen LogP contribution in [0.2, 0.25) is 0 Å². The third kappa shape index (κ3) is 3.70. The molecule has 184 valence electrons. The first-order valence-electron chi connectivity index (χ1n) is 12.3. The molecular weight excluding hydrogens is 445 g/mol. The molecule has 1 aliphatic carbocycles. The topological polar surface area (TPSA) is 89.2 Å². The smallest absolute Gasteiger partial charge is 0.231 e. The number of amides is 1. The van der Waals surface area contributed by atoms with E-state index in [1.54, 1.807) is 32.4 Å². The summed E-state index contributed by atoms with van der Waals surface area (Å²) in [5.41, 5.74) is 0.661. The number of fused-ring (bicyclic) bond motifs is 2. The normalized spacial score (nSPS) is 23.1. The highest BCUT2D eigenvalue weighted by Crippen LogP contribution is 2.56. The molecule has 5 rings (SSSR count). The number of alkyl halides is 1. The van der Waals surface area contributed by atoms with Gasteiger partial charge in [-0.2, -0.15) is 5.26 Å². The Morgan fingerprint density at radius 2 is 1.94 bits per heavy atom. The third-order valence-electron chi connectivity index (χ3n) is 7.95. The number of piperazine rings is 1. The van der Waals surface area contributed by atoms with Crippen molar-refractivity contribution in [3.8, 4) is 6.07 Å². The number of pyridine rings is 1. The molecule has 0 unspecified atom stereocenters. The SMILES string of the molecule is C[C@@H]1CN(c2ncnc3c2C2(CCC2)CN3c2cc(C#N)ccn2)[C@@H](C)CN1C(=O)C(C)(C)CF. The van der Waals surface area contributed by atoms with Gasteiger partial charge in [-0.1, -0.05) is 6.42 Å².